The largest absolute Gasteiger partial charge is 0.334 e. The molecule has 1 unspecified atom stereocenters. The molecule has 1 aromatic rings. The number of carbonyl (C=O) groups excluding carboxylic acids is 1. The summed E-state index contributed by atoms with van der Waals surface area (Å²) in [5, 5.41) is 0. The lowest BCUT2D eigenvalue weighted by Crippen LogP contribution is -3.09. The molecule has 1 amide bonds. The Hall–Kier alpha value is -1.81. The number of aryl methyl sites for hydroxylation is 1. The molecule has 0 saturated carbocycles. The summed E-state index contributed by atoms with van der Waals surface area (Å²) in [4.78, 5) is 13.3. The van der Waals surface area contributed by atoms with Gasteiger partial charge in [0, 0.05) is 17.7 Å². The van der Waals surface area contributed by atoms with Crippen molar-refractivity contribution in [2.75, 3.05) is 20.1 Å². The lowest BCUT2D eigenvalue weighted by atomic mass is 10.1. The number of hydrazine groups is 1. The van der Waals surface area contributed by atoms with Crippen molar-refractivity contribution >= 4 is 5.91 Å². The SMILES string of the molecule is Cc1ccc(C(=O)NNC2=CC[NH+](C)CC2)cc1. The maximum Gasteiger partial charge on any atom is 0.269 e. The van der Waals surface area contributed by atoms with Crippen molar-refractivity contribution in [1.82, 2.24) is 10.9 Å². The number of rotatable bonds is 3. The molecule has 0 aliphatic carbocycles. The minimum atomic E-state index is -0.0952. The third-order valence-corrected chi connectivity index (χ3v) is 3.17. The molecule has 4 heteroatoms. The van der Waals surface area contributed by atoms with Gasteiger partial charge in [0.2, 0.25) is 0 Å². The van der Waals surface area contributed by atoms with Crippen LogP contribution in [-0.2, 0) is 0 Å². The highest BCUT2D eigenvalue weighted by molar-refractivity contribution is 5.93. The van der Waals surface area contributed by atoms with Gasteiger partial charge in [-0.25, -0.2) is 0 Å². The second-order valence-electron chi connectivity index (χ2n) is 4.84. The van der Waals surface area contributed by atoms with Crippen molar-refractivity contribution in [3.8, 4) is 0 Å². The third-order valence-electron chi connectivity index (χ3n) is 3.17. The topological polar surface area (TPSA) is 45.6 Å². The minimum Gasteiger partial charge on any atom is -0.334 e. The van der Waals surface area contributed by atoms with E-state index < -0.39 is 0 Å². The van der Waals surface area contributed by atoms with Gasteiger partial charge in [0.1, 0.15) is 0 Å². The molecule has 18 heavy (non-hydrogen) atoms. The Labute approximate surface area is 108 Å². The first-order valence-corrected chi connectivity index (χ1v) is 6.28. The fourth-order valence-corrected chi connectivity index (χ4v) is 1.88. The zero-order valence-electron chi connectivity index (χ0n) is 10.9. The molecule has 4 nitrogen and oxygen atoms in total. The van der Waals surface area contributed by atoms with Gasteiger partial charge in [0.15, 0.2) is 0 Å². The number of likely N-dealkylation sites (N-methyl/N-ethyl adjacent to an activating group) is 1. The van der Waals surface area contributed by atoms with E-state index in [-0.39, 0.29) is 5.91 Å². The van der Waals surface area contributed by atoms with Crippen molar-refractivity contribution < 1.29 is 9.69 Å². The van der Waals surface area contributed by atoms with E-state index in [0.717, 1.165) is 30.8 Å². The Bertz CT molecular complexity index is 451. The average Bonchev–Trinajstić information content (AvgIpc) is 2.38. The molecule has 0 fully saturated rings. The number of hydrogen-bond acceptors (Lipinski definition) is 2. The monoisotopic (exact) mass is 246 g/mol. The summed E-state index contributed by atoms with van der Waals surface area (Å²) in [5.74, 6) is -0.0952. The van der Waals surface area contributed by atoms with Crippen LogP contribution in [0.2, 0.25) is 0 Å². The summed E-state index contributed by atoms with van der Waals surface area (Å²) in [6, 6.07) is 7.54. The summed E-state index contributed by atoms with van der Waals surface area (Å²) >= 11 is 0. The molecule has 0 spiro atoms. The van der Waals surface area contributed by atoms with Crippen molar-refractivity contribution in [2.24, 2.45) is 0 Å². The third kappa shape index (κ3) is 3.34. The number of benzene rings is 1. The standard InChI is InChI=1S/C14H19N3O/c1-11-3-5-12(6-4-11)14(18)16-15-13-7-9-17(2)10-8-13/h3-7,15H,8-10H2,1-2H3,(H,16,18)/p+1. The zero-order chi connectivity index (χ0) is 13.0. The highest BCUT2D eigenvalue weighted by Crippen LogP contribution is 2.03. The van der Waals surface area contributed by atoms with Crippen LogP contribution in [0.15, 0.2) is 36.0 Å². The smallest absolute Gasteiger partial charge is 0.269 e. The first-order chi connectivity index (χ1) is 8.65. The summed E-state index contributed by atoms with van der Waals surface area (Å²) in [6.07, 6.45) is 3.11. The summed E-state index contributed by atoms with van der Waals surface area (Å²) in [5.41, 5.74) is 8.66. The Kier molecular flexibility index (Phi) is 3.99. The van der Waals surface area contributed by atoms with Crippen LogP contribution in [0.3, 0.4) is 0 Å². The molecule has 2 rings (SSSR count). The molecule has 96 valence electrons. The Morgan fingerprint density at radius 2 is 2.00 bits per heavy atom. The van der Waals surface area contributed by atoms with Crippen molar-refractivity contribution in [3.63, 3.8) is 0 Å². The van der Waals surface area contributed by atoms with Crippen LogP contribution in [0.25, 0.3) is 0 Å². The van der Waals surface area contributed by atoms with Gasteiger partial charge in [0.25, 0.3) is 5.91 Å². The Morgan fingerprint density at radius 3 is 2.61 bits per heavy atom. The number of amides is 1. The van der Waals surface area contributed by atoms with E-state index in [0.29, 0.717) is 5.56 Å². The number of nitrogens with one attached hydrogen (secondary N) is 3. The van der Waals surface area contributed by atoms with Crippen molar-refractivity contribution in [1.29, 1.82) is 0 Å². The van der Waals surface area contributed by atoms with Gasteiger partial charge in [-0.15, -0.1) is 0 Å². The van der Waals surface area contributed by atoms with E-state index in [4.69, 9.17) is 0 Å². The summed E-state index contributed by atoms with van der Waals surface area (Å²) < 4.78 is 0. The summed E-state index contributed by atoms with van der Waals surface area (Å²) in [6.45, 7) is 4.10. The van der Waals surface area contributed by atoms with Gasteiger partial charge in [-0.05, 0) is 25.1 Å². The van der Waals surface area contributed by atoms with E-state index >= 15 is 0 Å². The molecule has 1 aliphatic rings. The highest BCUT2D eigenvalue weighted by Gasteiger charge is 2.11. The van der Waals surface area contributed by atoms with E-state index in [1.165, 1.54) is 4.90 Å². The van der Waals surface area contributed by atoms with E-state index in [1.807, 2.05) is 31.2 Å². The molecular formula is C14H20N3O+. The zero-order valence-corrected chi connectivity index (χ0v) is 10.9. The van der Waals surface area contributed by atoms with E-state index in [9.17, 15) is 4.79 Å². The van der Waals surface area contributed by atoms with Crippen LogP contribution in [-0.4, -0.2) is 26.0 Å². The minimum absolute atomic E-state index is 0.0952. The molecule has 1 aliphatic heterocycles. The van der Waals surface area contributed by atoms with E-state index in [2.05, 4.69) is 24.0 Å². The van der Waals surface area contributed by atoms with Crippen LogP contribution in [0.4, 0.5) is 0 Å². The molecule has 0 aromatic heterocycles. The van der Waals surface area contributed by atoms with Crippen LogP contribution in [0.5, 0.6) is 0 Å². The quantitative estimate of drug-likeness (QED) is 0.659. The Morgan fingerprint density at radius 1 is 1.28 bits per heavy atom. The van der Waals surface area contributed by atoms with Crippen molar-refractivity contribution in [2.45, 2.75) is 13.3 Å². The normalized spacial score (nSPS) is 19.0. The summed E-state index contributed by atoms with van der Waals surface area (Å²) in [7, 11) is 2.16. The van der Waals surface area contributed by atoms with Gasteiger partial charge in [0.05, 0.1) is 20.1 Å². The molecular weight excluding hydrogens is 226 g/mol. The predicted molar refractivity (Wildman–Crippen MR) is 71.1 cm³/mol. The van der Waals surface area contributed by atoms with Gasteiger partial charge < -0.3 is 10.3 Å². The highest BCUT2D eigenvalue weighted by atomic mass is 16.2. The predicted octanol–water partition coefficient (Wildman–Crippen LogP) is 0.0317. The molecule has 0 bridgehead atoms. The Balaban J connectivity index is 1.87. The van der Waals surface area contributed by atoms with Gasteiger partial charge in [-0.1, -0.05) is 17.7 Å². The average molecular weight is 246 g/mol. The number of quaternary nitrogens is 1. The van der Waals surface area contributed by atoms with Gasteiger partial charge in [-0.2, -0.15) is 0 Å². The first kappa shape index (κ1) is 12.6. The lowest BCUT2D eigenvalue weighted by Gasteiger charge is -2.20. The second kappa shape index (κ2) is 5.69. The molecule has 1 aromatic carbocycles. The van der Waals surface area contributed by atoms with Crippen LogP contribution >= 0.6 is 0 Å². The van der Waals surface area contributed by atoms with Crippen LogP contribution < -0.4 is 15.8 Å². The molecule has 1 atom stereocenters. The molecule has 0 saturated heterocycles. The maximum absolute atomic E-state index is 11.9. The van der Waals surface area contributed by atoms with Gasteiger partial charge in [-0.3, -0.25) is 10.2 Å². The van der Waals surface area contributed by atoms with Crippen LogP contribution in [0, 0.1) is 6.92 Å². The molecule has 0 radical (unpaired) electrons. The molecule has 3 N–H and O–H groups in total. The lowest BCUT2D eigenvalue weighted by molar-refractivity contribution is -0.875. The van der Waals surface area contributed by atoms with E-state index in [1.54, 1.807) is 0 Å². The number of carbonyl (C=O) groups is 1. The fraction of sp³-hybridized carbons (Fsp3) is 0.357. The first-order valence-electron chi connectivity index (χ1n) is 6.28. The molecule has 1 heterocycles. The maximum atomic E-state index is 11.9. The number of hydrogen-bond donors (Lipinski definition) is 3. The fourth-order valence-electron chi connectivity index (χ4n) is 1.88. The van der Waals surface area contributed by atoms with Gasteiger partial charge >= 0.3 is 0 Å². The van der Waals surface area contributed by atoms with Crippen molar-refractivity contribution in [3.05, 3.63) is 47.2 Å². The van der Waals surface area contributed by atoms with Crippen LogP contribution in [0.1, 0.15) is 22.3 Å². The second-order valence-corrected chi connectivity index (χ2v) is 4.84.